The molecule has 0 aliphatic carbocycles. The van der Waals surface area contributed by atoms with Crippen molar-refractivity contribution in [2.24, 2.45) is 5.41 Å². The fourth-order valence-corrected chi connectivity index (χ4v) is 5.05. The van der Waals surface area contributed by atoms with Gasteiger partial charge in [-0.3, -0.25) is 14.8 Å². The van der Waals surface area contributed by atoms with Crippen LogP contribution in [0.4, 0.5) is 0 Å². The molecule has 5 rings (SSSR count). The molecule has 2 saturated heterocycles. The van der Waals surface area contributed by atoms with E-state index >= 15 is 0 Å². The molecule has 30 heavy (non-hydrogen) atoms. The van der Waals surface area contributed by atoms with Gasteiger partial charge in [-0.25, -0.2) is 0 Å². The Kier molecular flexibility index (Phi) is 5.31. The molecule has 0 saturated carbocycles. The van der Waals surface area contributed by atoms with Crippen LogP contribution in [0.1, 0.15) is 24.1 Å². The first-order valence-electron chi connectivity index (χ1n) is 10.8. The number of carbonyl (C=O) groups is 1. The summed E-state index contributed by atoms with van der Waals surface area (Å²) in [4.78, 5) is 21.0. The normalized spacial score (nSPS) is 23.1. The molecule has 3 aromatic rings. The Morgan fingerprint density at radius 3 is 3.03 bits per heavy atom. The minimum Gasteiger partial charge on any atom is -0.379 e. The minimum absolute atomic E-state index is 0.00461. The summed E-state index contributed by atoms with van der Waals surface area (Å²) in [5, 5.41) is 8.27. The molecular formula is C23H29N5O2. The van der Waals surface area contributed by atoms with Crippen LogP contribution in [-0.4, -0.2) is 70.3 Å². The lowest BCUT2D eigenvalue weighted by Gasteiger charge is -2.43. The number of hydrogen-bond acceptors (Lipinski definition) is 4. The van der Waals surface area contributed by atoms with Crippen LogP contribution in [0.3, 0.4) is 0 Å². The maximum Gasteiger partial charge on any atom is 0.227 e. The Balaban J connectivity index is 1.28. The van der Waals surface area contributed by atoms with E-state index in [1.807, 2.05) is 24.4 Å². The van der Waals surface area contributed by atoms with Crippen molar-refractivity contribution in [3.05, 3.63) is 54.0 Å². The van der Waals surface area contributed by atoms with Gasteiger partial charge in [-0.15, -0.1) is 0 Å². The molecule has 1 atom stereocenters. The minimum atomic E-state index is 0.00461. The number of aromatic nitrogens is 3. The zero-order valence-electron chi connectivity index (χ0n) is 17.3. The third kappa shape index (κ3) is 4.00. The molecule has 1 aromatic carbocycles. The molecule has 158 valence electrons. The summed E-state index contributed by atoms with van der Waals surface area (Å²) in [6, 6.07) is 10.2. The van der Waals surface area contributed by atoms with Crippen molar-refractivity contribution >= 4 is 16.8 Å². The number of para-hydroxylation sites is 1. The monoisotopic (exact) mass is 407 g/mol. The average molecular weight is 408 g/mol. The first-order chi connectivity index (χ1) is 14.7. The fraction of sp³-hybridized carbons (Fsp3) is 0.478. The van der Waals surface area contributed by atoms with Crippen molar-refractivity contribution in [2.45, 2.75) is 25.8 Å². The zero-order valence-corrected chi connectivity index (χ0v) is 17.3. The molecule has 2 aliphatic rings. The molecule has 0 radical (unpaired) electrons. The molecule has 2 fully saturated rings. The van der Waals surface area contributed by atoms with E-state index in [2.05, 4.69) is 37.1 Å². The molecule has 2 aromatic heterocycles. The molecular weight excluding hydrogens is 378 g/mol. The first kappa shape index (κ1) is 19.3. The van der Waals surface area contributed by atoms with E-state index in [1.165, 1.54) is 0 Å². The number of nitrogens with zero attached hydrogens (tertiary/aromatic N) is 3. The third-order valence-corrected chi connectivity index (χ3v) is 6.50. The van der Waals surface area contributed by atoms with Gasteiger partial charge in [0, 0.05) is 67.1 Å². The molecule has 1 spiro atoms. The molecule has 0 unspecified atom stereocenters. The second kappa shape index (κ2) is 8.24. The fourth-order valence-electron chi connectivity index (χ4n) is 5.05. The summed E-state index contributed by atoms with van der Waals surface area (Å²) in [5.74, 6) is 0.211. The molecule has 2 N–H and O–H groups in total. The van der Waals surface area contributed by atoms with Gasteiger partial charge in [0.1, 0.15) is 0 Å². The van der Waals surface area contributed by atoms with E-state index in [9.17, 15) is 4.79 Å². The molecule has 1 amide bonds. The number of H-pyrrole nitrogens is 2. The highest BCUT2D eigenvalue weighted by Gasteiger charge is 2.40. The van der Waals surface area contributed by atoms with E-state index < -0.39 is 0 Å². The lowest BCUT2D eigenvalue weighted by atomic mass is 9.80. The summed E-state index contributed by atoms with van der Waals surface area (Å²) in [7, 11) is 0. The third-order valence-electron chi connectivity index (χ3n) is 6.50. The maximum atomic E-state index is 13.2. The number of aromatic amines is 2. The zero-order chi connectivity index (χ0) is 20.4. The SMILES string of the molecule is O=C(Cc1c[nH]c2ccccc12)N1CCC[C@]2(COCCN(Cc3ccn[nH]3)C2)C1. The van der Waals surface area contributed by atoms with Crippen LogP contribution in [0.5, 0.6) is 0 Å². The molecule has 7 nitrogen and oxygen atoms in total. The number of likely N-dealkylation sites (tertiary alicyclic amines) is 1. The van der Waals surface area contributed by atoms with Crippen LogP contribution in [0.15, 0.2) is 42.7 Å². The summed E-state index contributed by atoms with van der Waals surface area (Å²) >= 11 is 0. The topological polar surface area (TPSA) is 77.2 Å². The van der Waals surface area contributed by atoms with E-state index in [1.54, 1.807) is 6.20 Å². The van der Waals surface area contributed by atoms with Crippen molar-refractivity contribution in [1.82, 2.24) is 25.0 Å². The number of carbonyl (C=O) groups excluding carboxylic acids is 1. The Labute approximate surface area is 176 Å². The Morgan fingerprint density at radius 2 is 2.13 bits per heavy atom. The Bertz CT molecular complexity index is 998. The lowest BCUT2D eigenvalue weighted by Crippen LogP contribution is -2.52. The summed E-state index contributed by atoms with van der Waals surface area (Å²) < 4.78 is 6.02. The van der Waals surface area contributed by atoms with Crippen molar-refractivity contribution in [3.8, 4) is 0 Å². The maximum absolute atomic E-state index is 13.2. The van der Waals surface area contributed by atoms with Gasteiger partial charge in [-0.1, -0.05) is 18.2 Å². The van der Waals surface area contributed by atoms with Gasteiger partial charge in [-0.2, -0.15) is 5.10 Å². The number of ether oxygens (including phenoxy) is 1. The largest absolute Gasteiger partial charge is 0.379 e. The number of nitrogens with one attached hydrogen (secondary N) is 2. The van der Waals surface area contributed by atoms with Crippen molar-refractivity contribution in [1.29, 1.82) is 0 Å². The van der Waals surface area contributed by atoms with E-state index in [0.717, 1.165) is 80.9 Å². The molecule has 4 heterocycles. The number of benzene rings is 1. The molecule has 2 aliphatic heterocycles. The van der Waals surface area contributed by atoms with Gasteiger partial charge >= 0.3 is 0 Å². The highest BCUT2D eigenvalue weighted by Crippen LogP contribution is 2.34. The molecule has 0 bridgehead atoms. The highest BCUT2D eigenvalue weighted by atomic mass is 16.5. The second-order valence-corrected chi connectivity index (χ2v) is 8.80. The number of hydrogen-bond donors (Lipinski definition) is 2. The Morgan fingerprint density at radius 1 is 1.20 bits per heavy atom. The number of fused-ring (bicyclic) bond motifs is 1. The van der Waals surface area contributed by atoms with Gasteiger partial charge in [0.2, 0.25) is 5.91 Å². The predicted octanol–water partition coefficient (Wildman–Crippen LogP) is 2.57. The number of amides is 1. The number of rotatable bonds is 4. The van der Waals surface area contributed by atoms with Gasteiger partial charge < -0.3 is 14.6 Å². The number of piperidine rings is 1. The summed E-state index contributed by atoms with van der Waals surface area (Å²) in [5.41, 5.74) is 3.29. The van der Waals surface area contributed by atoms with E-state index in [0.29, 0.717) is 6.42 Å². The lowest BCUT2D eigenvalue weighted by molar-refractivity contribution is -0.135. The second-order valence-electron chi connectivity index (χ2n) is 8.80. The quantitative estimate of drug-likeness (QED) is 0.697. The van der Waals surface area contributed by atoms with Crippen LogP contribution >= 0.6 is 0 Å². The van der Waals surface area contributed by atoms with Crippen molar-refractivity contribution in [2.75, 3.05) is 39.4 Å². The van der Waals surface area contributed by atoms with Gasteiger partial charge in [0.15, 0.2) is 0 Å². The van der Waals surface area contributed by atoms with Crippen LogP contribution in [-0.2, 0) is 22.5 Å². The average Bonchev–Trinajstić information content (AvgIpc) is 3.37. The standard InChI is InChI=1S/C23H29N5O2/c29-22(12-18-13-24-21-5-2-1-4-20(18)21)28-9-3-7-23(16-28)15-27(10-11-30-17-23)14-19-6-8-25-26-19/h1-2,4-6,8,13,24H,3,7,9-12,14-17H2,(H,25,26)/t23-/m1/s1. The van der Waals surface area contributed by atoms with E-state index in [-0.39, 0.29) is 11.3 Å². The van der Waals surface area contributed by atoms with Gasteiger partial charge in [0.05, 0.1) is 19.6 Å². The van der Waals surface area contributed by atoms with E-state index in [4.69, 9.17) is 4.74 Å². The van der Waals surface area contributed by atoms with Crippen LogP contribution in [0.2, 0.25) is 0 Å². The van der Waals surface area contributed by atoms with Crippen LogP contribution in [0.25, 0.3) is 10.9 Å². The Hall–Kier alpha value is -2.64. The summed E-state index contributed by atoms with van der Waals surface area (Å²) in [6.07, 6.45) is 6.34. The smallest absolute Gasteiger partial charge is 0.227 e. The predicted molar refractivity (Wildman–Crippen MR) is 115 cm³/mol. The van der Waals surface area contributed by atoms with Gasteiger partial charge in [0.25, 0.3) is 0 Å². The first-order valence-corrected chi connectivity index (χ1v) is 10.8. The summed E-state index contributed by atoms with van der Waals surface area (Å²) in [6.45, 7) is 5.76. The van der Waals surface area contributed by atoms with Crippen LogP contribution in [0, 0.1) is 5.41 Å². The highest BCUT2D eigenvalue weighted by molar-refractivity contribution is 5.88. The van der Waals surface area contributed by atoms with Crippen molar-refractivity contribution in [3.63, 3.8) is 0 Å². The molecule has 7 heteroatoms. The van der Waals surface area contributed by atoms with Gasteiger partial charge in [-0.05, 0) is 30.5 Å². The van der Waals surface area contributed by atoms with Crippen LogP contribution < -0.4 is 0 Å². The van der Waals surface area contributed by atoms with Crippen molar-refractivity contribution < 1.29 is 9.53 Å².